The highest BCUT2D eigenvalue weighted by Crippen LogP contribution is 2.37. The van der Waals surface area contributed by atoms with E-state index in [0.29, 0.717) is 30.7 Å². The molecule has 4 saturated heterocycles. The minimum Gasteiger partial charge on any atom is -0.462 e. The lowest BCUT2D eigenvalue weighted by Crippen LogP contribution is -2.67. The predicted octanol–water partition coefficient (Wildman–Crippen LogP) is 3.87. The number of fused-ring (bicyclic) bond motifs is 4. The van der Waals surface area contributed by atoms with Gasteiger partial charge in [-0.1, -0.05) is 35.9 Å². The van der Waals surface area contributed by atoms with Gasteiger partial charge in [0.05, 0.1) is 17.3 Å². The van der Waals surface area contributed by atoms with Gasteiger partial charge in [-0.05, 0) is 56.8 Å². The van der Waals surface area contributed by atoms with Gasteiger partial charge in [-0.15, -0.1) is 0 Å². The number of anilines is 2. The average molecular weight is 505 g/mol. The van der Waals surface area contributed by atoms with Crippen LogP contribution in [0.15, 0.2) is 36.4 Å². The molecule has 36 heavy (non-hydrogen) atoms. The quantitative estimate of drug-likeness (QED) is 0.566. The van der Waals surface area contributed by atoms with E-state index in [9.17, 15) is 0 Å². The van der Waals surface area contributed by atoms with E-state index in [1.807, 2.05) is 12.1 Å². The number of piperazine rings is 1. The van der Waals surface area contributed by atoms with Crippen LogP contribution in [0.4, 0.5) is 11.5 Å². The molecule has 0 spiro atoms. The van der Waals surface area contributed by atoms with Crippen molar-refractivity contribution in [1.82, 2.24) is 20.2 Å². The van der Waals surface area contributed by atoms with Crippen LogP contribution in [0.1, 0.15) is 30.5 Å². The summed E-state index contributed by atoms with van der Waals surface area (Å²) in [6.45, 7) is 5.44. The highest BCUT2D eigenvalue weighted by atomic mass is 35.5. The molecule has 0 saturated carbocycles. The maximum absolute atomic E-state index is 6.68. The molecule has 5 aliphatic heterocycles. The lowest BCUT2D eigenvalue weighted by molar-refractivity contribution is 0.186. The fourth-order valence-corrected chi connectivity index (χ4v) is 6.79. The van der Waals surface area contributed by atoms with Gasteiger partial charge in [0.15, 0.2) is 0 Å². The highest BCUT2D eigenvalue weighted by Gasteiger charge is 2.38. The SMILES string of the molecule is CN1CCC[C@H]1COc1nc2c(c(N3CC4CC(C3)N4)n1)CCN(c1cccc3cccc(Cl)c13)C2. The molecular weight excluding hydrogens is 472 g/mol. The van der Waals surface area contributed by atoms with Crippen molar-refractivity contribution in [2.45, 2.75) is 50.4 Å². The zero-order valence-corrected chi connectivity index (χ0v) is 21.5. The molecule has 0 aliphatic carbocycles. The topological polar surface area (TPSA) is 56.8 Å². The second-order valence-electron chi connectivity index (χ2n) is 10.8. The average Bonchev–Trinajstić information content (AvgIpc) is 3.30. The van der Waals surface area contributed by atoms with Crippen LogP contribution in [0.3, 0.4) is 0 Å². The lowest BCUT2D eigenvalue weighted by Gasteiger charge is -2.49. The van der Waals surface area contributed by atoms with Gasteiger partial charge in [-0.25, -0.2) is 0 Å². The third kappa shape index (κ3) is 3.98. The van der Waals surface area contributed by atoms with Crippen molar-refractivity contribution in [2.24, 2.45) is 0 Å². The number of piperidine rings is 1. The Morgan fingerprint density at radius 1 is 1.06 bits per heavy atom. The normalized spacial score (nSPS) is 25.7. The van der Waals surface area contributed by atoms with Gasteiger partial charge in [-0.3, -0.25) is 0 Å². The van der Waals surface area contributed by atoms with Gasteiger partial charge >= 0.3 is 6.01 Å². The number of likely N-dealkylation sites (N-methyl/N-ethyl adjacent to an activating group) is 1. The summed E-state index contributed by atoms with van der Waals surface area (Å²) in [5.74, 6) is 1.08. The molecule has 3 atom stereocenters. The number of nitrogens with zero attached hydrogens (tertiary/aromatic N) is 5. The first-order valence-corrected chi connectivity index (χ1v) is 13.7. The third-order valence-corrected chi connectivity index (χ3v) is 8.81. The Hall–Kier alpha value is -2.61. The molecule has 2 aromatic carbocycles. The molecule has 7 nitrogen and oxygen atoms in total. The zero-order chi connectivity index (χ0) is 24.2. The summed E-state index contributed by atoms with van der Waals surface area (Å²) in [5.41, 5.74) is 3.53. The number of halogens is 1. The molecule has 188 valence electrons. The maximum atomic E-state index is 6.68. The summed E-state index contributed by atoms with van der Waals surface area (Å²) >= 11 is 6.68. The standard InChI is InChI=1S/C28H33ClN6O/c1-33-11-4-7-21(33)17-36-28-31-24-16-34(25-9-3-6-18-5-2-8-23(29)26(18)25)12-10-22(24)27(32-28)35-14-19-13-20(15-35)30-19/h2-3,5-6,8-9,19-21,30H,4,7,10-17H2,1H3/t19?,20?,21-/m0/s1. The molecule has 5 aliphatic rings. The maximum Gasteiger partial charge on any atom is 0.318 e. The van der Waals surface area contributed by atoms with Gasteiger partial charge in [-0.2, -0.15) is 9.97 Å². The van der Waals surface area contributed by atoms with Gasteiger partial charge in [0.1, 0.15) is 12.4 Å². The Bertz CT molecular complexity index is 1280. The van der Waals surface area contributed by atoms with Crippen molar-refractivity contribution >= 4 is 33.9 Å². The fraction of sp³-hybridized carbons (Fsp3) is 0.500. The van der Waals surface area contributed by atoms with Crippen molar-refractivity contribution in [3.8, 4) is 6.01 Å². The molecule has 8 heteroatoms. The second kappa shape index (κ2) is 9.05. The van der Waals surface area contributed by atoms with Crippen molar-refractivity contribution < 1.29 is 4.74 Å². The summed E-state index contributed by atoms with van der Waals surface area (Å²) in [6.07, 6.45) is 4.59. The number of aromatic nitrogens is 2. The van der Waals surface area contributed by atoms with E-state index in [1.54, 1.807) is 0 Å². The Morgan fingerprint density at radius 3 is 2.64 bits per heavy atom. The summed E-state index contributed by atoms with van der Waals surface area (Å²) < 4.78 is 6.28. The first-order chi connectivity index (χ1) is 17.6. The zero-order valence-electron chi connectivity index (χ0n) is 20.8. The van der Waals surface area contributed by atoms with Gasteiger partial charge < -0.3 is 24.8 Å². The molecule has 6 heterocycles. The van der Waals surface area contributed by atoms with Crippen LogP contribution < -0.4 is 19.9 Å². The van der Waals surface area contributed by atoms with Crippen molar-refractivity contribution in [1.29, 1.82) is 0 Å². The van der Waals surface area contributed by atoms with Crippen LogP contribution in [0, 0.1) is 0 Å². The molecule has 2 unspecified atom stereocenters. The van der Waals surface area contributed by atoms with Crippen molar-refractivity contribution in [2.75, 3.05) is 49.6 Å². The Morgan fingerprint density at radius 2 is 1.86 bits per heavy atom. The van der Waals surface area contributed by atoms with E-state index in [0.717, 1.165) is 61.1 Å². The van der Waals surface area contributed by atoms with Crippen LogP contribution in [0.5, 0.6) is 6.01 Å². The van der Waals surface area contributed by atoms with E-state index in [2.05, 4.69) is 51.3 Å². The molecule has 1 aromatic heterocycles. The molecule has 0 amide bonds. The number of rotatable bonds is 5. The summed E-state index contributed by atoms with van der Waals surface area (Å²) in [4.78, 5) is 17.3. The monoisotopic (exact) mass is 504 g/mol. The van der Waals surface area contributed by atoms with Crippen LogP contribution in [0.2, 0.25) is 5.02 Å². The largest absolute Gasteiger partial charge is 0.462 e. The molecule has 1 N–H and O–H groups in total. The van der Waals surface area contributed by atoms with Crippen molar-refractivity contribution in [3.63, 3.8) is 0 Å². The van der Waals surface area contributed by atoms with E-state index in [1.165, 1.54) is 35.9 Å². The van der Waals surface area contributed by atoms with Gasteiger partial charge in [0.25, 0.3) is 0 Å². The number of benzene rings is 2. The third-order valence-electron chi connectivity index (χ3n) is 8.49. The molecule has 2 bridgehead atoms. The second-order valence-corrected chi connectivity index (χ2v) is 11.2. The number of likely N-dealkylation sites (tertiary alicyclic amines) is 1. The number of hydrogen-bond donors (Lipinski definition) is 1. The smallest absolute Gasteiger partial charge is 0.318 e. The van der Waals surface area contributed by atoms with E-state index < -0.39 is 0 Å². The fourth-order valence-electron chi connectivity index (χ4n) is 6.51. The molecule has 8 rings (SSSR count). The lowest BCUT2D eigenvalue weighted by atomic mass is 9.90. The van der Waals surface area contributed by atoms with Crippen molar-refractivity contribution in [3.05, 3.63) is 52.7 Å². The molecule has 4 fully saturated rings. The van der Waals surface area contributed by atoms with E-state index in [4.69, 9.17) is 26.3 Å². The van der Waals surface area contributed by atoms with E-state index >= 15 is 0 Å². The predicted molar refractivity (Wildman–Crippen MR) is 144 cm³/mol. The summed E-state index contributed by atoms with van der Waals surface area (Å²) in [5, 5.41) is 6.72. The minimum absolute atomic E-state index is 0.439. The Labute approximate surface area is 217 Å². The first kappa shape index (κ1) is 22.6. The van der Waals surface area contributed by atoms with Crippen LogP contribution >= 0.6 is 11.6 Å². The number of hydrogen-bond acceptors (Lipinski definition) is 7. The molecular formula is C28H33ClN6O. The Kier molecular flexibility index (Phi) is 5.67. The Balaban J connectivity index is 1.22. The van der Waals surface area contributed by atoms with Gasteiger partial charge in [0, 0.05) is 54.4 Å². The van der Waals surface area contributed by atoms with E-state index in [-0.39, 0.29) is 0 Å². The van der Waals surface area contributed by atoms with Crippen LogP contribution in [-0.4, -0.2) is 72.8 Å². The summed E-state index contributed by atoms with van der Waals surface area (Å²) in [6, 6.07) is 14.7. The van der Waals surface area contributed by atoms with Crippen LogP contribution in [0.25, 0.3) is 10.8 Å². The molecule has 0 radical (unpaired) electrons. The van der Waals surface area contributed by atoms with Gasteiger partial charge in [0.2, 0.25) is 0 Å². The highest BCUT2D eigenvalue weighted by molar-refractivity contribution is 6.36. The number of ether oxygens (including phenoxy) is 1. The first-order valence-electron chi connectivity index (χ1n) is 13.3. The van der Waals surface area contributed by atoms with Crippen LogP contribution in [-0.2, 0) is 13.0 Å². The summed E-state index contributed by atoms with van der Waals surface area (Å²) in [7, 11) is 2.18. The number of nitrogens with one attached hydrogen (secondary N) is 1. The minimum atomic E-state index is 0.439. The molecule has 3 aromatic rings.